The highest BCUT2D eigenvalue weighted by Gasteiger charge is 2.65. The van der Waals surface area contributed by atoms with Crippen LogP contribution in [0.1, 0.15) is 38.6 Å². The van der Waals surface area contributed by atoms with Gasteiger partial charge in [0, 0.05) is 21.5 Å². The molecule has 0 N–H and O–H groups in total. The maximum absolute atomic E-state index is 13.4. The lowest BCUT2D eigenvalue weighted by Gasteiger charge is -2.16. The lowest BCUT2D eigenvalue weighted by molar-refractivity contribution is 0.0776. The van der Waals surface area contributed by atoms with Crippen molar-refractivity contribution in [1.29, 1.82) is 0 Å². The SMILES string of the molecule is O=C(c1ccccc1)C1(C(=O)c2ccccc2)CC1c1ccc(Br)cc1. The molecule has 1 atom stereocenters. The first kappa shape index (κ1) is 16.9. The first-order valence-electron chi connectivity index (χ1n) is 8.58. The zero-order valence-electron chi connectivity index (χ0n) is 14.1. The van der Waals surface area contributed by atoms with E-state index in [0.717, 1.165) is 10.0 Å². The van der Waals surface area contributed by atoms with E-state index in [4.69, 9.17) is 0 Å². The van der Waals surface area contributed by atoms with Crippen LogP contribution in [0.3, 0.4) is 0 Å². The smallest absolute Gasteiger partial charge is 0.177 e. The Bertz CT molecular complexity index is 895. The summed E-state index contributed by atoms with van der Waals surface area (Å²) in [5.41, 5.74) is 1.21. The average Bonchev–Trinajstić information content (AvgIpc) is 3.45. The van der Waals surface area contributed by atoms with Crippen molar-refractivity contribution in [1.82, 2.24) is 0 Å². The summed E-state index contributed by atoms with van der Waals surface area (Å²) in [6.07, 6.45) is 0.552. The summed E-state index contributed by atoms with van der Waals surface area (Å²) in [7, 11) is 0. The van der Waals surface area contributed by atoms with Gasteiger partial charge in [-0.2, -0.15) is 0 Å². The van der Waals surface area contributed by atoms with Crippen molar-refractivity contribution in [2.24, 2.45) is 5.41 Å². The van der Waals surface area contributed by atoms with Gasteiger partial charge in [-0.1, -0.05) is 88.7 Å². The molecular formula is C23H17BrO2. The molecular weight excluding hydrogens is 388 g/mol. The predicted octanol–water partition coefficient (Wildman–Crippen LogP) is 5.69. The molecule has 0 saturated heterocycles. The molecule has 0 amide bonds. The first-order valence-corrected chi connectivity index (χ1v) is 9.37. The molecule has 1 aliphatic rings. The topological polar surface area (TPSA) is 34.1 Å². The Morgan fingerprint density at radius 3 is 1.65 bits per heavy atom. The number of halogens is 1. The molecule has 0 aromatic heterocycles. The van der Waals surface area contributed by atoms with E-state index in [1.54, 1.807) is 24.3 Å². The van der Waals surface area contributed by atoms with Gasteiger partial charge in [0.25, 0.3) is 0 Å². The maximum Gasteiger partial charge on any atom is 0.177 e. The molecule has 0 aliphatic heterocycles. The molecule has 0 heterocycles. The summed E-state index contributed by atoms with van der Waals surface area (Å²) in [6, 6.07) is 26.2. The first-order chi connectivity index (χ1) is 12.6. The number of carbonyl (C=O) groups is 2. The second-order valence-corrected chi connectivity index (χ2v) is 7.59. The molecule has 0 bridgehead atoms. The Balaban J connectivity index is 1.77. The van der Waals surface area contributed by atoms with Crippen molar-refractivity contribution in [3.05, 3.63) is 106 Å². The summed E-state index contributed by atoms with van der Waals surface area (Å²) in [6.45, 7) is 0. The van der Waals surface area contributed by atoms with E-state index in [0.29, 0.717) is 17.5 Å². The summed E-state index contributed by atoms with van der Waals surface area (Å²) in [4.78, 5) is 26.7. The molecule has 0 spiro atoms. The van der Waals surface area contributed by atoms with Crippen molar-refractivity contribution in [2.45, 2.75) is 12.3 Å². The van der Waals surface area contributed by atoms with Gasteiger partial charge in [-0.25, -0.2) is 0 Å². The molecule has 1 unspecified atom stereocenters. The third kappa shape index (κ3) is 2.82. The Morgan fingerprint density at radius 2 is 1.19 bits per heavy atom. The van der Waals surface area contributed by atoms with Gasteiger partial charge in [0.15, 0.2) is 11.6 Å². The zero-order chi connectivity index (χ0) is 18.1. The molecule has 2 nitrogen and oxygen atoms in total. The number of rotatable bonds is 5. The van der Waals surface area contributed by atoms with Gasteiger partial charge in [-0.3, -0.25) is 9.59 Å². The summed E-state index contributed by atoms with van der Waals surface area (Å²) in [5, 5.41) is 0. The molecule has 1 aliphatic carbocycles. The van der Waals surface area contributed by atoms with Crippen molar-refractivity contribution >= 4 is 27.5 Å². The summed E-state index contributed by atoms with van der Waals surface area (Å²) >= 11 is 3.44. The van der Waals surface area contributed by atoms with E-state index in [1.165, 1.54) is 0 Å². The quantitative estimate of drug-likeness (QED) is 0.404. The van der Waals surface area contributed by atoms with Crippen LogP contribution in [0.15, 0.2) is 89.4 Å². The van der Waals surface area contributed by atoms with Gasteiger partial charge in [0.05, 0.1) is 0 Å². The minimum Gasteiger partial charge on any atom is -0.293 e. The Hall–Kier alpha value is -2.52. The molecule has 128 valence electrons. The van der Waals surface area contributed by atoms with E-state index in [1.807, 2.05) is 60.7 Å². The van der Waals surface area contributed by atoms with Crippen LogP contribution < -0.4 is 0 Å². The minimum absolute atomic E-state index is 0.0835. The highest BCUT2D eigenvalue weighted by atomic mass is 79.9. The number of hydrogen-bond donors (Lipinski definition) is 0. The molecule has 0 radical (unpaired) electrons. The number of carbonyl (C=O) groups excluding carboxylic acids is 2. The Labute approximate surface area is 161 Å². The molecule has 1 fully saturated rings. The van der Waals surface area contributed by atoms with Gasteiger partial charge >= 0.3 is 0 Å². The van der Waals surface area contributed by atoms with E-state index in [-0.39, 0.29) is 17.5 Å². The highest BCUT2D eigenvalue weighted by molar-refractivity contribution is 9.10. The molecule has 3 aromatic rings. The minimum atomic E-state index is -1.00. The van der Waals surface area contributed by atoms with E-state index < -0.39 is 5.41 Å². The molecule has 3 aromatic carbocycles. The molecule has 4 rings (SSSR count). The Morgan fingerprint density at radius 1 is 0.731 bits per heavy atom. The van der Waals surface area contributed by atoms with Crippen molar-refractivity contribution < 1.29 is 9.59 Å². The number of Topliss-reactive ketones (excluding diaryl/α,β-unsaturated/α-hetero) is 2. The monoisotopic (exact) mass is 404 g/mol. The normalized spacial score (nSPS) is 17.5. The molecule has 26 heavy (non-hydrogen) atoms. The van der Waals surface area contributed by atoms with E-state index >= 15 is 0 Å². The highest BCUT2D eigenvalue weighted by Crippen LogP contribution is 2.62. The second-order valence-electron chi connectivity index (χ2n) is 6.67. The number of benzene rings is 3. The van der Waals surface area contributed by atoms with Gasteiger partial charge in [-0.05, 0) is 24.1 Å². The van der Waals surface area contributed by atoms with E-state index in [9.17, 15) is 9.59 Å². The van der Waals surface area contributed by atoms with Crippen LogP contribution in [0.25, 0.3) is 0 Å². The third-order valence-electron chi connectivity index (χ3n) is 5.12. The lowest BCUT2D eigenvalue weighted by Crippen LogP contribution is -2.28. The standard InChI is InChI=1S/C23H17BrO2/c24-19-13-11-16(12-14-19)20-15-23(20,21(25)17-7-3-1-4-8-17)22(26)18-9-5-2-6-10-18/h1-14,20H,15H2. The summed E-state index contributed by atoms with van der Waals surface area (Å²) < 4.78 is 0.983. The van der Waals surface area contributed by atoms with E-state index in [2.05, 4.69) is 15.9 Å². The Kier molecular flexibility index (Phi) is 4.33. The third-order valence-corrected chi connectivity index (χ3v) is 5.64. The lowest BCUT2D eigenvalue weighted by atomic mass is 9.83. The van der Waals surface area contributed by atoms with Gasteiger partial charge in [0.2, 0.25) is 0 Å². The van der Waals surface area contributed by atoms with Crippen LogP contribution in [-0.4, -0.2) is 11.6 Å². The van der Waals surface area contributed by atoms with Crippen LogP contribution in [0.4, 0.5) is 0 Å². The predicted molar refractivity (Wildman–Crippen MR) is 105 cm³/mol. The van der Waals surface area contributed by atoms with Gasteiger partial charge < -0.3 is 0 Å². The maximum atomic E-state index is 13.4. The fraction of sp³-hybridized carbons (Fsp3) is 0.130. The van der Waals surface area contributed by atoms with Gasteiger partial charge in [-0.15, -0.1) is 0 Å². The fourth-order valence-corrected chi connectivity index (χ4v) is 3.92. The summed E-state index contributed by atoms with van der Waals surface area (Å²) in [5.74, 6) is -0.254. The number of ketones is 2. The van der Waals surface area contributed by atoms with Crippen molar-refractivity contribution in [3.63, 3.8) is 0 Å². The van der Waals surface area contributed by atoms with Crippen LogP contribution in [0.5, 0.6) is 0 Å². The zero-order valence-corrected chi connectivity index (χ0v) is 15.6. The van der Waals surface area contributed by atoms with Crippen LogP contribution >= 0.6 is 15.9 Å². The van der Waals surface area contributed by atoms with Crippen molar-refractivity contribution in [3.8, 4) is 0 Å². The number of hydrogen-bond acceptors (Lipinski definition) is 2. The van der Waals surface area contributed by atoms with Crippen LogP contribution in [0, 0.1) is 5.41 Å². The van der Waals surface area contributed by atoms with Crippen LogP contribution in [-0.2, 0) is 0 Å². The van der Waals surface area contributed by atoms with Gasteiger partial charge in [0.1, 0.15) is 5.41 Å². The largest absolute Gasteiger partial charge is 0.293 e. The molecule has 1 saturated carbocycles. The van der Waals surface area contributed by atoms with Crippen molar-refractivity contribution in [2.75, 3.05) is 0 Å². The molecule has 3 heteroatoms. The fourth-order valence-electron chi connectivity index (χ4n) is 3.66. The second kappa shape index (κ2) is 6.65. The average molecular weight is 405 g/mol. The van der Waals surface area contributed by atoms with Crippen LogP contribution in [0.2, 0.25) is 0 Å².